The Labute approximate surface area is 203 Å². The Balaban J connectivity index is 1.60. The van der Waals surface area contributed by atoms with Gasteiger partial charge in [0.25, 0.3) is 5.91 Å². The van der Waals surface area contributed by atoms with Gasteiger partial charge in [-0.2, -0.15) is 0 Å². The average molecular weight is 498 g/mol. The molecule has 0 unspecified atom stereocenters. The van der Waals surface area contributed by atoms with Crippen LogP contribution in [-0.4, -0.2) is 25.2 Å². The number of hydrogen-bond donors (Lipinski definition) is 0. The van der Waals surface area contributed by atoms with Gasteiger partial charge in [0.1, 0.15) is 16.5 Å². The van der Waals surface area contributed by atoms with E-state index >= 15 is 0 Å². The fourth-order valence-corrected chi connectivity index (χ4v) is 6.01. The summed E-state index contributed by atoms with van der Waals surface area (Å²) in [6.07, 6.45) is 0. The van der Waals surface area contributed by atoms with E-state index in [1.807, 2.05) is 36.2 Å². The van der Waals surface area contributed by atoms with Crippen molar-refractivity contribution in [1.82, 2.24) is 0 Å². The second-order valence-corrected chi connectivity index (χ2v) is 9.67. The maximum absolute atomic E-state index is 13.6. The molecule has 0 spiro atoms. The summed E-state index contributed by atoms with van der Waals surface area (Å²) in [7, 11) is 3.54. The van der Waals surface area contributed by atoms with Gasteiger partial charge in [0, 0.05) is 23.0 Å². The molecule has 2 aliphatic heterocycles. The molecule has 0 aliphatic carbocycles. The lowest BCUT2D eigenvalue weighted by Crippen LogP contribution is -2.29. The van der Waals surface area contributed by atoms with Crippen molar-refractivity contribution in [3.05, 3.63) is 87.5 Å². The van der Waals surface area contributed by atoms with Crippen molar-refractivity contribution in [1.29, 1.82) is 0 Å². The van der Waals surface area contributed by atoms with Crippen LogP contribution in [0.25, 0.3) is 0 Å². The van der Waals surface area contributed by atoms with E-state index in [-0.39, 0.29) is 11.7 Å². The first-order valence-electron chi connectivity index (χ1n) is 9.90. The number of methoxy groups -OCH3 is 1. The molecule has 2 heterocycles. The Morgan fingerprint density at radius 1 is 1.03 bits per heavy atom. The van der Waals surface area contributed by atoms with Crippen LogP contribution in [0.1, 0.15) is 0 Å². The lowest BCUT2D eigenvalue weighted by Gasteiger charge is -2.17. The van der Waals surface area contributed by atoms with Crippen molar-refractivity contribution >= 4 is 63.3 Å². The highest BCUT2D eigenvalue weighted by Crippen LogP contribution is 2.51. The maximum atomic E-state index is 13.6. The topological polar surface area (TPSA) is 45.1 Å². The lowest BCUT2D eigenvalue weighted by molar-refractivity contribution is -0.113. The zero-order valence-corrected chi connectivity index (χ0v) is 20.0. The largest absolute Gasteiger partial charge is 0.497 e. The maximum Gasteiger partial charge on any atom is 0.274 e. The van der Waals surface area contributed by atoms with Gasteiger partial charge in [-0.15, -0.1) is 0 Å². The number of carbonyl (C=O) groups is 1. The third-order valence-electron chi connectivity index (χ3n) is 5.13. The molecular formula is C24H17ClFN3O2S2. The normalized spacial score (nSPS) is 18.9. The molecule has 33 heavy (non-hydrogen) atoms. The first kappa shape index (κ1) is 21.9. The van der Waals surface area contributed by atoms with Crippen molar-refractivity contribution in [2.24, 2.45) is 4.99 Å². The number of rotatable bonds is 3. The number of amidine groups is 1. The Morgan fingerprint density at radius 3 is 2.55 bits per heavy atom. The second-order valence-electron chi connectivity index (χ2n) is 7.22. The van der Waals surface area contributed by atoms with Gasteiger partial charge in [0.2, 0.25) is 0 Å². The summed E-state index contributed by atoms with van der Waals surface area (Å²) in [4.78, 5) is 23.4. The fraction of sp³-hybridized carbons (Fsp3) is 0.0833. The number of benzene rings is 3. The van der Waals surface area contributed by atoms with E-state index in [1.165, 1.54) is 40.6 Å². The van der Waals surface area contributed by atoms with E-state index < -0.39 is 0 Å². The molecule has 2 aliphatic rings. The number of fused-ring (bicyclic) bond motifs is 1. The summed E-state index contributed by atoms with van der Waals surface area (Å²) in [5.41, 5.74) is 2.12. The molecule has 0 aromatic heterocycles. The minimum Gasteiger partial charge on any atom is -0.497 e. The molecule has 1 saturated heterocycles. The fourth-order valence-electron chi connectivity index (χ4n) is 3.50. The van der Waals surface area contributed by atoms with E-state index in [4.69, 9.17) is 21.3 Å². The van der Waals surface area contributed by atoms with E-state index in [1.54, 1.807) is 37.4 Å². The molecule has 0 N–H and O–H groups in total. The third-order valence-corrected chi connectivity index (χ3v) is 7.76. The molecule has 3 aromatic rings. The number of anilines is 2. The van der Waals surface area contributed by atoms with Crippen molar-refractivity contribution in [3.8, 4) is 5.75 Å². The summed E-state index contributed by atoms with van der Waals surface area (Å²) in [5, 5.41) is 1.82. The van der Waals surface area contributed by atoms with Gasteiger partial charge in [0.15, 0.2) is 5.17 Å². The van der Waals surface area contributed by atoms with Gasteiger partial charge in [-0.25, -0.2) is 9.38 Å². The predicted octanol–water partition coefficient (Wildman–Crippen LogP) is 6.67. The van der Waals surface area contributed by atoms with Gasteiger partial charge < -0.3 is 9.64 Å². The number of aliphatic imine (C=N–C) groups is 1. The van der Waals surface area contributed by atoms with Crippen LogP contribution < -0.4 is 14.5 Å². The Bertz CT molecular complexity index is 1330. The van der Waals surface area contributed by atoms with E-state index in [0.29, 0.717) is 26.5 Å². The number of ether oxygens (including phenoxy) is 1. The standard InChI is InChI=1S/C24H17ClFN3O2S2/c1-28-19-13-18(31-2)10-11-20(19)32-23(28)21-22(30)29(17-8-6-15(26)7-9-17)24(33-21)27-16-5-3-4-14(25)12-16/h3-13H,1-2H3. The highest BCUT2D eigenvalue weighted by molar-refractivity contribution is 8.20. The average Bonchev–Trinajstić information content (AvgIpc) is 3.30. The zero-order valence-electron chi connectivity index (χ0n) is 17.6. The molecule has 1 fully saturated rings. The molecule has 0 atom stereocenters. The number of nitrogens with zero attached hydrogens (tertiary/aromatic N) is 3. The molecular weight excluding hydrogens is 481 g/mol. The molecule has 5 rings (SSSR count). The van der Waals surface area contributed by atoms with Gasteiger partial charge >= 0.3 is 0 Å². The molecule has 5 nitrogen and oxygen atoms in total. The number of amides is 1. The summed E-state index contributed by atoms with van der Waals surface area (Å²) >= 11 is 8.93. The van der Waals surface area contributed by atoms with Crippen LogP contribution in [0.15, 0.2) is 86.6 Å². The number of carbonyl (C=O) groups excluding carboxylic acids is 1. The highest BCUT2D eigenvalue weighted by atomic mass is 35.5. The third kappa shape index (κ3) is 4.10. The van der Waals surface area contributed by atoms with E-state index in [9.17, 15) is 9.18 Å². The van der Waals surface area contributed by atoms with Crippen LogP contribution in [0.2, 0.25) is 5.02 Å². The van der Waals surface area contributed by atoms with Gasteiger partial charge in [0.05, 0.1) is 29.2 Å². The van der Waals surface area contributed by atoms with Crippen LogP contribution in [0.5, 0.6) is 5.75 Å². The summed E-state index contributed by atoms with van der Waals surface area (Å²) in [5.74, 6) is 0.149. The van der Waals surface area contributed by atoms with Crippen molar-refractivity contribution < 1.29 is 13.9 Å². The van der Waals surface area contributed by atoms with Crippen LogP contribution in [-0.2, 0) is 4.79 Å². The number of halogens is 2. The van der Waals surface area contributed by atoms with Crippen molar-refractivity contribution in [2.45, 2.75) is 4.90 Å². The smallest absolute Gasteiger partial charge is 0.274 e. The molecule has 0 radical (unpaired) electrons. The Morgan fingerprint density at radius 2 is 1.82 bits per heavy atom. The highest BCUT2D eigenvalue weighted by Gasteiger charge is 2.40. The number of thioether (sulfide) groups is 2. The zero-order chi connectivity index (χ0) is 23.1. The van der Waals surface area contributed by atoms with Crippen molar-refractivity contribution in [3.63, 3.8) is 0 Å². The summed E-state index contributed by atoms with van der Waals surface area (Å²) in [6.45, 7) is 0. The Kier molecular flexibility index (Phi) is 5.82. The van der Waals surface area contributed by atoms with Crippen LogP contribution in [0, 0.1) is 5.82 Å². The Hall–Kier alpha value is -2.94. The summed E-state index contributed by atoms with van der Waals surface area (Å²) < 4.78 is 18.9. The lowest BCUT2D eigenvalue weighted by atomic mass is 10.2. The van der Waals surface area contributed by atoms with Crippen LogP contribution in [0.3, 0.4) is 0 Å². The quantitative estimate of drug-likeness (QED) is 0.378. The summed E-state index contributed by atoms with van der Waals surface area (Å²) in [6, 6.07) is 18.7. The minimum atomic E-state index is -0.375. The van der Waals surface area contributed by atoms with Gasteiger partial charge in [-0.05, 0) is 66.4 Å². The minimum absolute atomic E-state index is 0.221. The first-order valence-corrected chi connectivity index (χ1v) is 11.9. The first-order chi connectivity index (χ1) is 15.9. The second kappa shape index (κ2) is 8.78. The van der Waals surface area contributed by atoms with Crippen LogP contribution >= 0.6 is 35.1 Å². The molecule has 9 heteroatoms. The van der Waals surface area contributed by atoms with E-state index in [2.05, 4.69) is 0 Å². The molecule has 0 bridgehead atoms. The monoisotopic (exact) mass is 497 g/mol. The van der Waals surface area contributed by atoms with Crippen LogP contribution in [0.4, 0.5) is 21.5 Å². The van der Waals surface area contributed by atoms with Gasteiger partial charge in [-0.3, -0.25) is 9.69 Å². The van der Waals surface area contributed by atoms with Gasteiger partial charge in [-0.1, -0.05) is 29.4 Å². The van der Waals surface area contributed by atoms with Crippen molar-refractivity contribution in [2.75, 3.05) is 24.0 Å². The molecule has 0 saturated carbocycles. The predicted molar refractivity (Wildman–Crippen MR) is 134 cm³/mol. The molecule has 166 valence electrons. The SMILES string of the molecule is COc1ccc2c(c1)N(C)C(=C1SC(=Nc3cccc(Cl)c3)N(c3ccc(F)cc3)C1=O)S2. The number of hydrogen-bond acceptors (Lipinski definition) is 6. The van der Waals surface area contributed by atoms with E-state index in [0.717, 1.165) is 21.4 Å². The molecule has 1 amide bonds. The molecule has 3 aromatic carbocycles.